The Kier molecular flexibility index (Phi) is 5.26. The van der Waals surface area contributed by atoms with Crippen LogP contribution in [0, 0.1) is 3.57 Å². The van der Waals surface area contributed by atoms with Crippen LogP contribution >= 0.6 is 34.2 Å². The lowest BCUT2D eigenvalue weighted by Crippen LogP contribution is -2.30. The first-order valence-electron chi connectivity index (χ1n) is 6.13. The van der Waals surface area contributed by atoms with Gasteiger partial charge >= 0.3 is 0 Å². The summed E-state index contributed by atoms with van der Waals surface area (Å²) in [6.07, 6.45) is 3.44. The van der Waals surface area contributed by atoms with E-state index < -0.39 is 0 Å². The van der Waals surface area contributed by atoms with Crippen LogP contribution in [0.5, 0.6) is 0 Å². The summed E-state index contributed by atoms with van der Waals surface area (Å²) in [5.41, 5.74) is 0.625. The molecule has 0 spiro atoms. The van der Waals surface area contributed by atoms with Crippen LogP contribution in [-0.4, -0.2) is 25.0 Å². The molecule has 1 unspecified atom stereocenters. The molecule has 0 saturated carbocycles. The van der Waals surface area contributed by atoms with Crippen molar-refractivity contribution in [1.29, 1.82) is 0 Å². The summed E-state index contributed by atoms with van der Waals surface area (Å²) in [6.45, 7) is 1.81. The second kappa shape index (κ2) is 6.73. The van der Waals surface area contributed by atoms with E-state index in [-0.39, 0.29) is 5.91 Å². The Hall–Kier alpha value is -0.330. The molecule has 1 aliphatic heterocycles. The number of nitrogens with one attached hydrogen (secondary N) is 2. The van der Waals surface area contributed by atoms with Crippen LogP contribution in [0.1, 0.15) is 29.6 Å². The van der Waals surface area contributed by atoms with Gasteiger partial charge in [0.05, 0.1) is 5.02 Å². The monoisotopic (exact) mass is 378 g/mol. The van der Waals surface area contributed by atoms with E-state index in [1.807, 2.05) is 6.07 Å². The van der Waals surface area contributed by atoms with Gasteiger partial charge in [-0.3, -0.25) is 4.79 Å². The minimum atomic E-state index is -0.0497. The summed E-state index contributed by atoms with van der Waals surface area (Å²) in [5, 5.41) is 6.97. The summed E-state index contributed by atoms with van der Waals surface area (Å²) >= 11 is 8.14. The lowest BCUT2D eigenvalue weighted by Gasteiger charge is -2.11. The van der Waals surface area contributed by atoms with Gasteiger partial charge in [0.25, 0.3) is 5.91 Å². The fraction of sp³-hybridized carbons (Fsp3) is 0.462. The first-order valence-corrected chi connectivity index (χ1v) is 7.59. The molecule has 1 saturated heterocycles. The van der Waals surface area contributed by atoms with Crippen LogP contribution in [0.3, 0.4) is 0 Å². The average molecular weight is 379 g/mol. The van der Waals surface area contributed by atoms with Crippen LogP contribution < -0.4 is 10.6 Å². The summed E-state index contributed by atoms with van der Waals surface area (Å²) in [5.74, 6) is -0.0497. The number of rotatable bonds is 4. The maximum atomic E-state index is 11.9. The SMILES string of the molecule is O=C(NCCC1CCCN1)c1ccc(I)c(Cl)c1. The number of carbonyl (C=O) groups excluding carboxylic acids is 1. The third kappa shape index (κ3) is 3.83. The van der Waals surface area contributed by atoms with E-state index in [4.69, 9.17) is 11.6 Å². The highest BCUT2D eigenvalue weighted by Gasteiger charge is 2.14. The van der Waals surface area contributed by atoms with Crippen molar-refractivity contribution in [3.05, 3.63) is 32.4 Å². The Morgan fingerprint density at radius 3 is 3.06 bits per heavy atom. The van der Waals surface area contributed by atoms with Gasteiger partial charge in [-0.15, -0.1) is 0 Å². The molecule has 5 heteroatoms. The van der Waals surface area contributed by atoms with Crippen LogP contribution in [-0.2, 0) is 0 Å². The Balaban J connectivity index is 1.81. The van der Waals surface area contributed by atoms with Gasteiger partial charge in [0.1, 0.15) is 0 Å². The Labute approximate surface area is 126 Å². The number of benzene rings is 1. The highest BCUT2D eigenvalue weighted by molar-refractivity contribution is 14.1. The number of carbonyl (C=O) groups is 1. The standard InChI is InChI=1S/C13H16ClIN2O/c14-11-8-9(3-4-12(11)15)13(18)17-7-5-10-2-1-6-16-10/h3-4,8,10,16H,1-2,5-7H2,(H,17,18). The molecule has 2 N–H and O–H groups in total. The number of halogens is 2. The predicted octanol–water partition coefficient (Wildman–Crippen LogP) is 2.82. The molecule has 3 nitrogen and oxygen atoms in total. The number of hydrogen-bond acceptors (Lipinski definition) is 2. The normalized spacial score (nSPS) is 18.9. The quantitative estimate of drug-likeness (QED) is 0.791. The zero-order chi connectivity index (χ0) is 13.0. The molecule has 98 valence electrons. The molecule has 2 rings (SSSR count). The second-order valence-corrected chi connectivity index (χ2v) is 6.04. The highest BCUT2D eigenvalue weighted by Crippen LogP contribution is 2.19. The molecule has 18 heavy (non-hydrogen) atoms. The van der Waals surface area contributed by atoms with Gasteiger partial charge in [0.2, 0.25) is 0 Å². The zero-order valence-corrected chi connectivity index (χ0v) is 12.9. The van der Waals surface area contributed by atoms with Crippen molar-refractivity contribution in [2.24, 2.45) is 0 Å². The highest BCUT2D eigenvalue weighted by atomic mass is 127. The molecule has 1 amide bonds. The smallest absolute Gasteiger partial charge is 0.251 e. The van der Waals surface area contributed by atoms with Crippen molar-refractivity contribution < 1.29 is 4.79 Å². The third-order valence-corrected chi connectivity index (χ3v) is 4.69. The lowest BCUT2D eigenvalue weighted by atomic mass is 10.1. The summed E-state index contributed by atoms with van der Waals surface area (Å²) in [7, 11) is 0. The van der Waals surface area contributed by atoms with Gasteiger partial charge in [0.15, 0.2) is 0 Å². The van der Waals surface area contributed by atoms with E-state index in [1.54, 1.807) is 12.1 Å². The first-order chi connectivity index (χ1) is 8.66. The molecule has 1 atom stereocenters. The molecule has 1 aromatic rings. The van der Waals surface area contributed by atoms with Crippen molar-refractivity contribution in [2.75, 3.05) is 13.1 Å². The zero-order valence-electron chi connectivity index (χ0n) is 10.0. The summed E-state index contributed by atoms with van der Waals surface area (Å²) in [4.78, 5) is 11.9. The molecular weight excluding hydrogens is 363 g/mol. The summed E-state index contributed by atoms with van der Waals surface area (Å²) < 4.78 is 0.959. The molecule has 1 aliphatic rings. The fourth-order valence-corrected chi connectivity index (χ4v) is 2.62. The van der Waals surface area contributed by atoms with E-state index in [2.05, 4.69) is 33.2 Å². The summed E-state index contributed by atoms with van der Waals surface area (Å²) in [6, 6.07) is 5.94. The molecule has 0 bridgehead atoms. The minimum Gasteiger partial charge on any atom is -0.352 e. The van der Waals surface area contributed by atoms with Crippen LogP contribution in [0.2, 0.25) is 5.02 Å². The second-order valence-electron chi connectivity index (χ2n) is 4.47. The molecule has 1 fully saturated rings. The van der Waals surface area contributed by atoms with Gasteiger partial charge in [-0.2, -0.15) is 0 Å². The van der Waals surface area contributed by atoms with Crippen molar-refractivity contribution in [1.82, 2.24) is 10.6 Å². The van der Waals surface area contributed by atoms with Crippen LogP contribution in [0.4, 0.5) is 0 Å². The molecular formula is C13H16ClIN2O. The largest absolute Gasteiger partial charge is 0.352 e. The lowest BCUT2D eigenvalue weighted by molar-refractivity contribution is 0.0952. The van der Waals surface area contributed by atoms with E-state index in [0.29, 0.717) is 23.2 Å². The van der Waals surface area contributed by atoms with Crippen molar-refractivity contribution in [2.45, 2.75) is 25.3 Å². The van der Waals surface area contributed by atoms with E-state index in [9.17, 15) is 4.79 Å². The molecule has 1 heterocycles. The van der Waals surface area contributed by atoms with Gasteiger partial charge < -0.3 is 10.6 Å². The van der Waals surface area contributed by atoms with Crippen molar-refractivity contribution in [3.63, 3.8) is 0 Å². The molecule has 0 radical (unpaired) electrons. The van der Waals surface area contributed by atoms with E-state index >= 15 is 0 Å². The van der Waals surface area contributed by atoms with Gasteiger partial charge in [-0.1, -0.05) is 11.6 Å². The van der Waals surface area contributed by atoms with E-state index in [0.717, 1.165) is 16.5 Å². The van der Waals surface area contributed by atoms with E-state index in [1.165, 1.54) is 12.8 Å². The number of hydrogen-bond donors (Lipinski definition) is 2. The van der Waals surface area contributed by atoms with Crippen molar-refractivity contribution >= 4 is 40.1 Å². The average Bonchev–Trinajstić information content (AvgIpc) is 2.85. The van der Waals surface area contributed by atoms with Crippen LogP contribution in [0.15, 0.2) is 18.2 Å². The van der Waals surface area contributed by atoms with Crippen LogP contribution in [0.25, 0.3) is 0 Å². The number of amides is 1. The third-order valence-electron chi connectivity index (χ3n) is 3.12. The Morgan fingerprint density at radius 2 is 2.39 bits per heavy atom. The molecule has 0 aromatic heterocycles. The maximum Gasteiger partial charge on any atom is 0.251 e. The van der Waals surface area contributed by atoms with Gasteiger partial charge in [-0.05, 0) is 66.6 Å². The topological polar surface area (TPSA) is 41.1 Å². The van der Waals surface area contributed by atoms with Gasteiger partial charge in [-0.25, -0.2) is 0 Å². The Bertz CT molecular complexity index is 433. The first kappa shape index (κ1) is 14.1. The van der Waals surface area contributed by atoms with Crippen molar-refractivity contribution in [3.8, 4) is 0 Å². The molecule has 1 aromatic carbocycles. The predicted molar refractivity (Wildman–Crippen MR) is 82.1 cm³/mol. The minimum absolute atomic E-state index is 0.0497. The fourth-order valence-electron chi connectivity index (χ4n) is 2.10. The maximum absolute atomic E-state index is 11.9. The Morgan fingerprint density at radius 1 is 1.56 bits per heavy atom. The molecule has 0 aliphatic carbocycles. The van der Waals surface area contributed by atoms with Gasteiger partial charge in [0, 0.05) is 21.7 Å².